The number of allylic oxidation sites excluding steroid dienone is 1. The number of hydrogen-bond donors (Lipinski definition) is 0. The molecule has 4 heteroatoms. The van der Waals surface area contributed by atoms with E-state index in [9.17, 15) is 9.59 Å². The third-order valence-corrected chi connectivity index (χ3v) is 7.41. The summed E-state index contributed by atoms with van der Waals surface area (Å²) in [6, 6.07) is 26.1. The molecule has 0 atom stereocenters. The number of Topliss-reactive ketones (excluding diaryl/α,β-unsaturated/α-hetero) is 2. The maximum atomic E-state index is 12.9. The fraction of sp³-hybridized carbons (Fsp3) is 0.0667. The number of benzene rings is 3. The molecule has 2 heterocycles. The highest BCUT2D eigenvalue weighted by Gasteiger charge is 2.33. The number of fused-ring (bicyclic) bond motifs is 2. The molecule has 6 rings (SSSR count). The van der Waals surface area contributed by atoms with Crippen molar-refractivity contribution in [3.63, 3.8) is 0 Å². The van der Waals surface area contributed by atoms with Crippen molar-refractivity contribution in [2.45, 2.75) is 13.8 Å². The molecule has 1 aliphatic carbocycles. The fourth-order valence-electron chi connectivity index (χ4n) is 4.38. The summed E-state index contributed by atoms with van der Waals surface area (Å²) in [5.74, 6) is 0.395. The van der Waals surface area contributed by atoms with Gasteiger partial charge in [0.25, 0.3) is 0 Å². The quantitative estimate of drug-likeness (QED) is 0.203. The number of hydrogen-bond acceptors (Lipinski definition) is 4. The van der Waals surface area contributed by atoms with Gasteiger partial charge in [0, 0.05) is 27.6 Å². The number of furan rings is 1. The number of aryl methyl sites for hydroxylation is 2. The van der Waals surface area contributed by atoms with Crippen LogP contribution in [0.15, 0.2) is 88.9 Å². The van der Waals surface area contributed by atoms with Gasteiger partial charge in [-0.25, -0.2) is 0 Å². The Hall–Kier alpha value is -4.02. The number of carbonyl (C=O) groups excluding carboxylic acids is 2. The van der Waals surface area contributed by atoms with E-state index in [1.54, 1.807) is 6.08 Å². The summed E-state index contributed by atoms with van der Waals surface area (Å²) in [7, 11) is 0. The van der Waals surface area contributed by atoms with Crippen LogP contribution in [0.2, 0.25) is 0 Å². The summed E-state index contributed by atoms with van der Waals surface area (Å²) >= 11 is 1.51. The van der Waals surface area contributed by atoms with Gasteiger partial charge in [-0.15, -0.1) is 11.3 Å². The monoisotopic (exact) mass is 460 g/mol. The first-order chi connectivity index (χ1) is 16.5. The third kappa shape index (κ3) is 3.35. The van der Waals surface area contributed by atoms with Crippen LogP contribution in [0.4, 0.5) is 0 Å². The van der Waals surface area contributed by atoms with Crippen LogP contribution in [0.25, 0.3) is 38.8 Å². The summed E-state index contributed by atoms with van der Waals surface area (Å²) in [5, 5.41) is 0. The Balaban J connectivity index is 1.29. The van der Waals surface area contributed by atoms with E-state index in [1.165, 1.54) is 16.9 Å². The Morgan fingerprint density at radius 1 is 0.706 bits per heavy atom. The van der Waals surface area contributed by atoms with Crippen molar-refractivity contribution in [2.75, 3.05) is 0 Å². The molecule has 3 aromatic carbocycles. The van der Waals surface area contributed by atoms with Gasteiger partial charge in [0.1, 0.15) is 11.3 Å². The molecular formula is C30H20O3S. The highest BCUT2D eigenvalue weighted by atomic mass is 32.1. The van der Waals surface area contributed by atoms with Crippen molar-refractivity contribution in [3.8, 4) is 22.5 Å². The molecule has 0 saturated carbocycles. The summed E-state index contributed by atoms with van der Waals surface area (Å²) in [6.07, 6.45) is 1.70. The zero-order valence-corrected chi connectivity index (χ0v) is 19.5. The molecule has 0 aliphatic heterocycles. The first-order valence-corrected chi connectivity index (χ1v) is 11.9. The molecule has 0 N–H and O–H groups in total. The molecule has 0 saturated heterocycles. The standard InChI is InChI=1S/C30H20O3S/c1-17-12-23-24(13-18(17)2)30(32)25(29(23)31)14-22-15-27-28(34-22)16-26(33-27)21-10-8-20(9-11-21)19-6-4-3-5-7-19/h3-16H,1-2H3. The van der Waals surface area contributed by atoms with E-state index >= 15 is 0 Å². The van der Waals surface area contributed by atoms with Crippen LogP contribution in [-0.2, 0) is 0 Å². The summed E-state index contributed by atoms with van der Waals surface area (Å²) in [5.41, 5.74) is 7.34. The highest BCUT2D eigenvalue weighted by molar-refractivity contribution is 7.19. The van der Waals surface area contributed by atoms with Crippen LogP contribution < -0.4 is 0 Å². The molecule has 0 amide bonds. The second-order valence-corrected chi connectivity index (χ2v) is 9.74. The first kappa shape index (κ1) is 20.6. The van der Waals surface area contributed by atoms with Crippen LogP contribution in [-0.4, -0.2) is 11.6 Å². The van der Waals surface area contributed by atoms with E-state index in [2.05, 4.69) is 36.4 Å². The molecule has 0 radical (unpaired) electrons. The predicted molar refractivity (Wildman–Crippen MR) is 138 cm³/mol. The normalized spacial score (nSPS) is 13.1. The minimum atomic E-state index is -0.202. The average Bonchev–Trinajstić information content (AvgIpc) is 3.48. The second kappa shape index (κ2) is 7.79. The van der Waals surface area contributed by atoms with E-state index in [0.29, 0.717) is 11.1 Å². The molecule has 164 valence electrons. The van der Waals surface area contributed by atoms with Gasteiger partial charge in [0.05, 0.1) is 10.3 Å². The van der Waals surface area contributed by atoms with Gasteiger partial charge in [-0.3, -0.25) is 9.59 Å². The highest BCUT2D eigenvalue weighted by Crippen LogP contribution is 2.37. The molecule has 0 bridgehead atoms. The van der Waals surface area contributed by atoms with Gasteiger partial charge in [-0.2, -0.15) is 0 Å². The molecule has 5 aromatic rings. The average molecular weight is 461 g/mol. The SMILES string of the molecule is Cc1cc2c(cc1C)C(=O)C(=Cc1cc3oc(-c4ccc(-c5ccccc5)cc4)cc3s1)C2=O. The molecule has 0 fully saturated rings. The molecule has 0 unspecified atom stereocenters. The van der Waals surface area contributed by atoms with E-state index in [1.807, 2.05) is 56.3 Å². The molecule has 34 heavy (non-hydrogen) atoms. The van der Waals surface area contributed by atoms with Crippen LogP contribution in [0.1, 0.15) is 36.7 Å². The predicted octanol–water partition coefficient (Wildman–Crippen LogP) is 7.91. The van der Waals surface area contributed by atoms with Crippen LogP contribution in [0, 0.1) is 13.8 Å². The molecule has 0 spiro atoms. The van der Waals surface area contributed by atoms with Gasteiger partial charge >= 0.3 is 0 Å². The Bertz CT molecular complexity index is 1560. The number of carbonyl (C=O) groups is 2. The number of ketones is 2. The Morgan fingerprint density at radius 2 is 1.29 bits per heavy atom. The summed E-state index contributed by atoms with van der Waals surface area (Å²) < 4.78 is 7.09. The molecule has 1 aliphatic rings. The van der Waals surface area contributed by atoms with Gasteiger partial charge in [0.15, 0.2) is 11.6 Å². The van der Waals surface area contributed by atoms with Gasteiger partial charge in [-0.05, 0) is 60.4 Å². The van der Waals surface area contributed by atoms with Crippen LogP contribution >= 0.6 is 11.3 Å². The lowest BCUT2D eigenvalue weighted by Gasteiger charge is -2.02. The maximum Gasteiger partial charge on any atom is 0.197 e. The van der Waals surface area contributed by atoms with E-state index in [0.717, 1.165) is 43.2 Å². The third-order valence-electron chi connectivity index (χ3n) is 6.40. The molecule has 2 aromatic heterocycles. The number of thiophene rings is 1. The van der Waals surface area contributed by atoms with Crippen molar-refractivity contribution in [1.29, 1.82) is 0 Å². The Labute approximate surface area is 201 Å². The maximum absolute atomic E-state index is 12.9. The van der Waals surface area contributed by atoms with E-state index < -0.39 is 0 Å². The van der Waals surface area contributed by atoms with Gasteiger partial charge in [0.2, 0.25) is 0 Å². The Kier molecular flexibility index (Phi) is 4.71. The van der Waals surface area contributed by atoms with Crippen LogP contribution in [0.3, 0.4) is 0 Å². The lowest BCUT2D eigenvalue weighted by atomic mass is 10.0. The molecule has 3 nitrogen and oxygen atoms in total. The van der Waals surface area contributed by atoms with E-state index in [4.69, 9.17) is 4.42 Å². The van der Waals surface area contributed by atoms with Gasteiger partial charge < -0.3 is 4.42 Å². The first-order valence-electron chi connectivity index (χ1n) is 11.1. The second-order valence-electron chi connectivity index (χ2n) is 8.63. The Morgan fingerprint density at radius 3 is 1.91 bits per heavy atom. The summed E-state index contributed by atoms with van der Waals surface area (Å²) in [4.78, 5) is 26.6. The molecular weight excluding hydrogens is 440 g/mol. The smallest absolute Gasteiger partial charge is 0.197 e. The summed E-state index contributed by atoms with van der Waals surface area (Å²) in [6.45, 7) is 3.91. The topological polar surface area (TPSA) is 47.3 Å². The fourth-order valence-corrected chi connectivity index (χ4v) is 5.35. The van der Waals surface area contributed by atoms with E-state index in [-0.39, 0.29) is 17.1 Å². The van der Waals surface area contributed by atoms with Crippen molar-refractivity contribution in [2.24, 2.45) is 0 Å². The lowest BCUT2D eigenvalue weighted by Crippen LogP contribution is -1.99. The van der Waals surface area contributed by atoms with Crippen molar-refractivity contribution in [3.05, 3.63) is 112 Å². The van der Waals surface area contributed by atoms with Crippen LogP contribution in [0.5, 0.6) is 0 Å². The lowest BCUT2D eigenvalue weighted by molar-refractivity contribution is 0.0990. The zero-order chi connectivity index (χ0) is 23.4. The van der Waals surface area contributed by atoms with Gasteiger partial charge in [-0.1, -0.05) is 54.6 Å². The minimum absolute atomic E-state index is 0.202. The van der Waals surface area contributed by atoms with Crippen molar-refractivity contribution >= 4 is 39.3 Å². The largest absolute Gasteiger partial charge is 0.455 e. The van der Waals surface area contributed by atoms with Crippen molar-refractivity contribution in [1.82, 2.24) is 0 Å². The van der Waals surface area contributed by atoms with Crippen molar-refractivity contribution < 1.29 is 14.0 Å². The minimum Gasteiger partial charge on any atom is -0.455 e. The zero-order valence-electron chi connectivity index (χ0n) is 18.7. The number of rotatable bonds is 3.